The molecule has 22 heteroatoms. The van der Waals surface area contributed by atoms with Gasteiger partial charge in [0, 0.05) is 16.9 Å². The molecule has 2 aromatic heterocycles. The second-order valence-electron chi connectivity index (χ2n) is 8.89. The van der Waals surface area contributed by atoms with Gasteiger partial charge >= 0.3 is 59.1 Å². The van der Waals surface area contributed by atoms with Crippen molar-refractivity contribution in [2.75, 3.05) is 23.1 Å². The Kier molecular flexibility index (Phi) is 11.7. The van der Waals surface area contributed by atoms with E-state index in [4.69, 9.17) is 16.4 Å². The Morgan fingerprint density at radius 2 is 1.98 bits per heavy atom. The van der Waals surface area contributed by atoms with Crippen molar-refractivity contribution in [2.45, 2.75) is 47.9 Å². The van der Waals surface area contributed by atoms with Gasteiger partial charge in [-0.3, -0.25) is 14.5 Å². The third kappa shape index (κ3) is 6.75. The number of nitrogens with two attached hydrogens (primary N) is 2. The third-order valence-electron chi connectivity index (χ3n) is 6.44. The Morgan fingerprint density at radius 3 is 2.55 bits per heavy atom. The zero-order valence-corrected chi connectivity index (χ0v) is 28.8. The summed E-state index contributed by atoms with van der Waals surface area (Å²) in [4.78, 5) is 61.5. The average molecular weight is 655 g/mol. The molecule has 5 N–H and O–H groups in total. The van der Waals surface area contributed by atoms with Crippen molar-refractivity contribution in [2.24, 2.45) is 5.16 Å². The Labute approximate surface area is 294 Å². The fourth-order valence-electron chi connectivity index (χ4n) is 4.44. The van der Waals surface area contributed by atoms with Gasteiger partial charge in [-0.1, -0.05) is 22.0 Å². The maximum Gasteiger partial charge on any atom is 1.00 e. The van der Waals surface area contributed by atoms with Crippen LogP contribution in [0.3, 0.4) is 0 Å². The molecule has 3 aliphatic rings. The number of nitrogen functional groups attached to an aromatic ring is 2. The van der Waals surface area contributed by atoms with Crippen molar-refractivity contribution < 1.29 is 93.3 Å². The Hall–Kier alpha value is -1.91. The average Bonchev–Trinajstić information content (AvgIpc) is 3.67. The van der Waals surface area contributed by atoms with E-state index in [-0.39, 0.29) is 111 Å². The number of nitrogens with one attached hydrogen (secondary N) is 1. The molecular weight excluding hydrogens is 634 g/mol. The number of hydrogen-bond donors (Lipinski definition) is 3. The molecule has 0 bridgehead atoms. The van der Waals surface area contributed by atoms with E-state index in [1.54, 1.807) is 0 Å². The monoisotopic (exact) mass is 654 g/mol. The van der Waals surface area contributed by atoms with E-state index < -0.39 is 40.8 Å². The molecule has 2 aliphatic heterocycles. The summed E-state index contributed by atoms with van der Waals surface area (Å²) in [6.07, 6.45) is 1.47. The predicted molar refractivity (Wildman–Crippen MR) is 136 cm³/mol. The molecule has 17 nitrogen and oxygen atoms in total. The standard InChI is InChI=1S/C20H22N10O7S3.2Na/c21-18-23-9(7-39-18)10(26-37-20(17(35)36)3-1-2-4-20)13(31)24-11-14(32)29-12(16(33)34)8(5-38-15(11)29)6-40-19-25-27-28-30(19)22;;/h7,11,15H,1-6,22H2,(H2,21,23)(H,24,31)(H,33,34)(H,35,36);;/q;2*+1/p-2/b26-10-;;/t11-,15+;;/m1../s1. The normalized spacial score (nSPS) is 21.0. The number of carboxylic acid groups (broad SMARTS) is 2. The number of anilines is 1. The van der Waals surface area contributed by atoms with Gasteiger partial charge in [0.05, 0.1) is 17.6 Å². The summed E-state index contributed by atoms with van der Waals surface area (Å²) in [5.74, 6) is 1.36. The van der Waals surface area contributed by atoms with Crippen LogP contribution in [0.1, 0.15) is 31.4 Å². The number of carboxylic acids is 2. The van der Waals surface area contributed by atoms with Gasteiger partial charge < -0.3 is 41.5 Å². The minimum absolute atomic E-state index is 0. The number of hydrogen-bond acceptors (Lipinski definition) is 17. The summed E-state index contributed by atoms with van der Waals surface area (Å²) < 4.78 is 0. The number of amides is 2. The topological polar surface area (TPSA) is 260 Å². The number of rotatable bonds is 10. The molecule has 2 atom stereocenters. The van der Waals surface area contributed by atoms with Crippen LogP contribution in [0.2, 0.25) is 0 Å². The number of aromatic nitrogens is 5. The van der Waals surface area contributed by atoms with Gasteiger partial charge in [-0.05, 0) is 41.7 Å². The van der Waals surface area contributed by atoms with Gasteiger partial charge in [0.25, 0.3) is 11.8 Å². The second-order valence-corrected chi connectivity index (χ2v) is 11.8. The summed E-state index contributed by atoms with van der Waals surface area (Å²) in [7, 11) is 0. The first-order chi connectivity index (χ1) is 19.1. The predicted octanol–water partition coefficient (Wildman–Crippen LogP) is -9.59. The summed E-state index contributed by atoms with van der Waals surface area (Å²) in [6, 6.07) is -1.11. The van der Waals surface area contributed by atoms with Crippen LogP contribution in [0, 0.1) is 0 Å². The third-order valence-corrected chi connectivity index (χ3v) is 9.47. The number of thioether (sulfide) groups is 2. The molecule has 42 heavy (non-hydrogen) atoms. The number of aliphatic carboxylic acids is 2. The number of β-lactam (4-membered cyclic amide) rings is 1. The van der Waals surface area contributed by atoms with Crippen LogP contribution in [-0.2, 0) is 24.0 Å². The second kappa shape index (κ2) is 14.2. The van der Waals surface area contributed by atoms with E-state index in [1.165, 1.54) is 17.1 Å². The van der Waals surface area contributed by atoms with Gasteiger partial charge in [-0.25, -0.2) is 4.98 Å². The molecule has 0 radical (unpaired) electrons. The Balaban J connectivity index is 0.00000242. The summed E-state index contributed by atoms with van der Waals surface area (Å²) in [5.41, 5.74) is 3.73. The van der Waals surface area contributed by atoms with Crippen LogP contribution >= 0.6 is 34.9 Å². The molecular formula is C20H20N10Na2O7S3. The van der Waals surface area contributed by atoms with E-state index in [0.29, 0.717) is 18.4 Å². The van der Waals surface area contributed by atoms with Crippen LogP contribution in [0.25, 0.3) is 0 Å². The molecule has 4 heterocycles. The maximum absolute atomic E-state index is 13.3. The molecule has 5 rings (SSSR count). The first-order valence-corrected chi connectivity index (χ1v) is 14.6. The van der Waals surface area contributed by atoms with Crippen molar-refractivity contribution in [1.82, 2.24) is 35.5 Å². The molecule has 1 saturated carbocycles. The van der Waals surface area contributed by atoms with E-state index in [9.17, 15) is 29.4 Å². The van der Waals surface area contributed by atoms with Crippen molar-refractivity contribution in [3.63, 3.8) is 0 Å². The SMILES string of the molecule is Nc1nc(/C(=N/OC2(C(=O)[O-])CCCC2)C(=O)N[C@@H]2C(=O)N3C(C(=O)[O-])=C(CSc4nnnn4N)CS[C@@H]23)cs1.[Na+].[Na+]. The van der Waals surface area contributed by atoms with E-state index >= 15 is 0 Å². The zero-order chi connectivity index (χ0) is 28.6. The maximum atomic E-state index is 13.3. The minimum Gasteiger partial charge on any atom is -0.546 e. The number of carbonyl (C=O) groups is 4. The van der Waals surface area contributed by atoms with Crippen molar-refractivity contribution >= 4 is 69.5 Å². The van der Waals surface area contributed by atoms with E-state index in [0.717, 1.165) is 32.8 Å². The quantitative estimate of drug-likeness (QED) is 0.0536. The molecule has 2 fully saturated rings. The molecule has 0 spiro atoms. The molecule has 0 aromatic carbocycles. The number of carbonyl (C=O) groups excluding carboxylic acids is 4. The van der Waals surface area contributed by atoms with Crippen molar-refractivity contribution in [3.05, 3.63) is 22.3 Å². The Morgan fingerprint density at radius 1 is 1.26 bits per heavy atom. The van der Waals surface area contributed by atoms with Crippen LogP contribution in [0.15, 0.2) is 27.0 Å². The largest absolute Gasteiger partial charge is 1.00 e. The summed E-state index contributed by atoms with van der Waals surface area (Å²) >= 11 is 3.34. The minimum atomic E-state index is -1.69. The first kappa shape index (κ1) is 34.6. The number of thiazole rings is 1. The van der Waals surface area contributed by atoms with Crippen LogP contribution in [-0.4, -0.2) is 88.2 Å². The molecule has 1 aliphatic carbocycles. The smallest absolute Gasteiger partial charge is 0.546 e. The Bertz CT molecular complexity index is 1440. The van der Waals surface area contributed by atoms with E-state index in [2.05, 4.69) is 31.0 Å². The number of oxime groups is 1. The molecule has 212 valence electrons. The molecule has 2 aromatic rings. The molecule has 1 saturated heterocycles. The molecule has 2 amide bonds. The fraction of sp³-hybridized carbons (Fsp3) is 0.450. The van der Waals surface area contributed by atoms with Gasteiger partial charge in [-0.15, -0.1) is 27.9 Å². The van der Waals surface area contributed by atoms with Gasteiger partial charge in [0.1, 0.15) is 17.1 Å². The van der Waals surface area contributed by atoms with Crippen LogP contribution in [0.4, 0.5) is 5.13 Å². The fourth-order valence-corrected chi connectivity index (χ4v) is 7.27. The van der Waals surface area contributed by atoms with Crippen LogP contribution in [0.5, 0.6) is 0 Å². The zero-order valence-electron chi connectivity index (χ0n) is 22.3. The summed E-state index contributed by atoms with van der Waals surface area (Å²) in [5, 5.41) is 41.8. The van der Waals surface area contributed by atoms with Crippen LogP contribution < -0.4 is 86.2 Å². The summed E-state index contributed by atoms with van der Waals surface area (Å²) in [6.45, 7) is 0. The number of tetrazole rings is 1. The van der Waals surface area contributed by atoms with Gasteiger partial charge in [0.2, 0.25) is 5.16 Å². The number of fused-ring (bicyclic) bond motifs is 1. The first-order valence-electron chi connectivity index (χ1n) is 11.7. The molecule has 0 unspecified atom stereocenters. The van der Waals surface area contributed by atoms with Gasteiger partial charge in [0.15, 0.2) is 16.4 Å². The van der Waals surface area contributed by atoms with Crippen molar-refractivity contribution in [1.29, 1.82) is 0 Å². The van der Waals surface area contributed by atoms with Crippen molar-refractivity contribution in [3.8, 4) is 0 Å². The van der Waals surface area contributed by atoms with E-state index in [1.807, 2.05) is 0 Å². The number of nitrogens with zero attached hydrogens (tertiary/aromatic N) is 7. The van der Waals surface area contributed by atoms with Gasteiger partial charge in [-0.2, -0.15) is 0 Å².